The molecule has 0 aliphatic rings. The second-order valence-electron chi connectivity index (χ2n) is 4.39. The molecule has 1 amide bonds. The molecule has 0 saturated carbocycles. The van der Waals surface area contributed by atoms with Gasteiger partial charge in [0.05, 0.1) is 11.6 Å². The molecule has 0 spiro atoms. The zero-order valence-corrected chi connectivity index (χ0v) is 11.2. The number of hydrogen-bond donors (Lipinski definition) is 1. The Morgan fingerprint density at radius 3 is 2.60 bits per heavy atom. The molecule has 0 aliphatic heterocycles. The predicted molar refractivity (Wildman–Crippen MR) is 75.9 cm³/mol. The third kappa shape index (κ3) is 3.21. The van der Waals surface area contributed by atoms with E-state index in [4.69, 9.17) is 5.26 Å². The van der Waals surface area contributed by atoms with E-state index in [1.54, 1.807) is 12.1 Å². The number of aromatic nitrogens is 1. The molecule has 0 radical (unpaired) electrons. The van der Waals surface area contributed by atoms with Crippen molar-refractivity contribution >= 4 is 5.91 Å². The summed E-state index contributed by atoms with van der Waals surface area (Å²) in [5.41, 5.74) is 1.83. The van der Waals surface area contributed by atoms with Crippen LogP contribution >= 0.6 is 0 Å². The highest BCUT2D eigenvalue weighted by Gasteiger charge is 2.14. The van der Waals surface area contributed by atoms with Crippen molar-refractivity contribution in [3.8, 4) is 6.07 Å². The smallest absolute Gasteiger partial charge is 0.270 e. The minimum atomic E-state index is -0.231. The third-order valence-electron chi connectivity index (χ3n) is 3.04. The predicted octanol–water partition coefficient (Wildman–Crippen LogP) is 2.83. The van der Waals surface area contributed by atoms with E-state index in [-0.39, 0.29) is 11.9 Å². The molecule has 100 valence electrons. The van der Waals surface area contributed by atoms with Gasteiger partial charge in [-0.1, -0.05) is 37.3 Å². The zero-order valence-electron chi connectivity index (χ0n) is 11.2. The molecule has 1 aromatic heterocycles. The van der Waals surface area contributed by atoms with Crippen LogP contribution in [-0.4, -0.2) is 10.9 Å². The fourth-order valence-corrected chi connectivity index (χ4v) is 1.93. The molecule has 4 nitrogen and oxygen atoms in total. The van der Waals surface area contributed by atoms with Gasteiger partial charge in [-0.2, -0.15) is 5.26 Å². The number of nitrogens with one attached hydrogen (secondary N) is 1. The summed E-state index contributed by atoms with van der Waals surface area (Å²) in [5.74, 6) is -0.231. The first-order valence-electron chi connectivity index (χ1n) is 6.46. The van der Waals surface area contributed by atoms with Crippen LogP contribution in [0.3, 0.4) is 0 Å². The van der Waals surface area contributed by atoms with Gasteiger partial charge in [0.2, 0.25) is 0 Å². The van der Waals surface area contributed by atoms with Gasteiger partial charge in [0.1, 0.15) is 11.8 Å². The maximum absolute atomic E-state index is 12.1. The molecule has 1 aromatic carbocycles. The van der Waals surface area contributed by atoms with Gasteiger partial charge in [-0.3, -0.25) is 4.79 Å². The summed E-state index contributed by atoms with van der Waals surface area (Å²) in [6.07, 6.45) is 2.20. The highest BCUT2D eigenvalue weighted by molar-refractivity contribution is 5.92. The Labute approximate surface area is 118 Å². The minimum Gasteiger partial charge on any atom is -0.344 e. The van der Waals surface area contributed by atoms with Crippen LogP contribution in [0.4, 0.5) is 0 Å². The molecule has 0 saturated heterocycles. The molecular formula is C16H15N3O. The molecule has 20 heavy (non-hydrogen) atoms. The number of carbonyl (C=O) groups excluding carboxylic acids is 1. The molecule has 2 aromatic rings. The summed E-state index contributed by atoms with van der Waals surface area (Å²) < 4.78 is 0. The van der Waals surface area contributed by atoms with Crippen LogP contribution in [0.1, 0.15) is 41.0 Å². The molecule has 4 heteroatoms. The maximum Gasteiger partial charge on any atom is 0.270 e. The standard InChI is InChI=1S/C16H15N3O/c1-2-14(13-6-4-3-5-7-13)19-16(20)15-9-8-12(10-17)11-18-15/h3-9,11,14H,2H2,1H3,(H,19,20). The van der Waals surface area contributed by atoms with Crippen molar-refractivity contribution in [2.45, 2.75) is 19.4 Å². The van der Waals surface area contributed by atoms with E-state index in [2.05, 4.69) is 10.3 Å². The van der Waals surface area contributed by atoms with Gasteiger partial charge in [0.25, 0.3) is 5.91 Å². The number of amides is 1. The van der Waals surface area contributed by atoms with Crippen LogP contribution in [0.15, 0.2) is 48.7 Å². The van der Waals surface area contributed by atoms with Crippen LogP contribution in [0.25, 0.3) is 0 Å². The van der Waals surface area contributed by atoms with E-state index < -0.39 is 0 Å². The highest BCUT2D eigenvalue weighted by atomic mass is 16.1. The summed E-state index contributed by atoms with van der Waals surface area (Å²) in [6, 6.07) is 14.9. The van der Waals surface area contributed by atoms with E-state index >= 15 is 0 Å². The molecule has 1 heterocycles. The normalized spacial score (nSPS) is 11.4. The Hall–Kier alpha value is -2.67. The van der Waals surface area contributed by atoms with E-state index in [9.17, 15) is 4.79 Å². The molecule has 0 fully saturated rings. The lowest BCUT2D eigenvalue weighted by molar-refractivity contribution is 0.0930. The van der Waals surface area contributed by atoms with Gasteiger partial charge >= 0.3 is 0 Å². The number of pyridine rings is 1. The molecule has 0 bridgehead atoms. The zero-order chi connectivity index (χ0) is 14.4. The first-order valence-corrected chi connectivity index (χ1v) is 6.46. The number of benzene rings is 1. The summed E-state index contributed by atoms with van der Waals surface area (Å²) >= 11 is 0. The Bertz CT molecular complexity index is 614. The van der Waals surface area contributed by atoms with Gasteiger partial charge in [0, 0.05) is 6.20 Å². The Kier molecular flexibility index (Phi) is 4.46. The Morgan fingerprint density at radius 2 is 2.05 bits per heavy atom. The number of rotatable bonds is 4. The largest absolute Gasteiger partial charge is 0.344 e. The van der Waals surface area contributed by atoms with Crippen molar-refractivity contribution in [2.24, 2.45) is 0 Å². The van der Waals surface area contributed by atoms with Gasteiger partial charge in [-0.05, 0) is 24.1 Å². The lowest BCUT2D eigenvalue weighted by atomic mass is 10.0. The van der Waals surface area contributed by atoms with E-state index in [0.29, 0.717) is 11.3 Å². The molecule has 2 rings (SSSR count). The van der Waals surface area contributed by atoms with Crippen LogP contribution in [0.5, 0.6) is 0 Å². The monoisotopic (exact) mass is 265 g/mol. The quantitative estimate of drug-likeness (QED) is 0.924. The summed E-state index contributed by atoms with van der Waals surface area (Å²) in [6.45, 7) is 2.02. The maximum atomic E-state index is 12.1. The SMILES string of the molecule is CCC(NC(=O)c1ccc(C#N)cn1)c1ccccc1. The van der Waals surface area contributed by atoms with Gasteiger partial charge in [-0.25, -0.2) is 4.98 Å². The van der Waals surface area contributed by atoms with Crippen molar-refractivity contribution in [3.63, 3.8) is 0 Å². The summed E-state index contributed by atoms with van der Waals surface area (Å²) in [7, 11) is 0. The number of nitriles is 1. The Morgan fingerprint density at radius 1 is 1.30 bits per heavy atom. The fourth-order valence-electron chi connectivity index (χ4n) is 1.93. The molecule has 1 atom stereocenters. The van der Waals surface area contributed by atoms with E-state index in [1.807, 2.05) is 43.3 Å². The average Bonchev–Trinajstić information content (AvgIpc) is 2.53. The number of nitrogens with zero attached hydrogens (tertiary/aromatic N) is 2. The second-order valence-corrected chi connectivity index (χ2v) is 4.39. The molecule has 1 N–H and O–H groups in total. The first-order chi connectivity index (χ1) is 9.74. The average molecular weight is 265 g/mol. The van der Waals surface area contributed by atoms with Gasteiger partial charge in [0.15, 0.2) is 0 Å². The number of hydrogen-bond acceptors (Lipinski definition) is 3. The van der Waals surface area contributed by atoms with Gasteiger partial charge < -0.3 is 5.32 Å². The first kappa shape index (κ1) is 13.8. The van der Waals surface area contributed by atoms with Crippen LogP contribution < -0.4 is 5.32 Å². The fraction of sp³-hybridized carbons (Fsp3) is 0.188. The van der Waals surface area contributed by atoms with Crippen molar-refractivity contribution in [3.05, 3.63) is 65.5 Å². The summed E-state index contributed by atoms with van der Waals surface area (Å²) in [4.78, 5) is 16.1. The van der Waals surface area contributed by atoms with Gasteiger partial charge in [-0.15, -0.1) is 0 Å². The topological polar surface area (TPSA) is 65.8 Å². The Balaban J connectivity index is 2.11. The van der Waals surface area contributed by atoms with Crippen molar-refractivity contribution in [1.82, 2.24) is 10.3 Å². The van der Waals surface area contributed by atoms with Crippen LogP contribution in [0.2, 0.25) is 0 Å². The lowest BCUT2D eigenvalue weighted by Crippen LogP contribution is -2.28. The van der Waals surface area contributed by atoms with Crippen LogP contribution in [-0.2, 0) is 0 Å². The second kappa shape index (κ2) is 6.48. The van der Waals surface area contributed by atoms with Crippen molar-refractivity contribution < 1.29 is 4.79 Å². The molecule has 0 aliphatic carbocycles. The minimum absolute atomic E-state index is 0.0406. The van der Waals surface area contributed by atoms with Crippen molar-refractivity contribution in [2.75, 3.05) is 0 Å². The molecule has 1 unspecified atom stereocenters. The van der Waals surface area contributed by atoms with Crippen molar-refractivity contribution in [1.29, 1.82) is 5.26 Å². The lowest BCUT2D eigenvalue weighted by Gasteiger charge is -2.17. The van der Waals surface area contributed by atoms with E-state index in [1.165, 1.54) is 6.20 Å². The number of carbonyl (C=O) groups is 1. The molecular weight excluding hydrogens is 250 g/mol. The van der Waals surface area contributed by atoms with Crippen LogP contribution in [0, 0.1) is 11.3 Å². The van der Waals surface area contributed by atoms with E-state index in [0.717, 1.165) is 12.0 Å². The summed E-state index contributed by atoms with van der Waals surface area (Å²) in [5, 5.41) is 11.7. The third-order valence-corrected chi connectivity index (χ3v) is 3.04. The highest BCUT2D eigenvalue weighted by Crippen LogP contribution is 2.16.